The van der Waals surface area contributed by atoms with E-state index in [2.05, 4.69) is 49.4 Å². The standard InChI is InChI=1S/C16H14O/c1-10-16(17-10)14-8-4-7-13-12-6-3-2-5-11(12)9-15(13)14/h2-8,10,16H,9H2,1H3/t10?,16-/m0/s1. The predicted octanol–water partition coefficient (Wildman–Crippen LogP) is 3.72. The molecule has 0 saturated carbocycles. The largest absolute Gasteiger partial charge is 0.365 e. The Morgan fingerprint density at radius 1 is 1.00 bits per heavy atom. The highest BCUT2D eigenvalue weighted by atomic mass is 16.6. The normalized spacial score (nSPS) is 24.3. The molecule has 0 aromatic heterocycles. The number of benzene rings is 2. The van der Waals surface area contributed by atoms with Crippen molar-refractivity contribution < 1.29 is 4.74 Å². The molecule has 0 spiro atoms. The Morgan fingerprint density at radius 3 is 2.59 bits per heavy atom. The highest BCUT2D eigenvalue weighted by Crippen LogP contribution is 2.46. The summed E-state index contributed by atoms with van der Waals surface area (Å²) in [7, 11) is 0. The summed E-state index contributed by atoms with van der Waals surface area (Å²) in [5.41, 5.74) is 7.12. The van der Waals surface area contributed by atoms with Crippen LogP contribution in [0.25, 0.3) is 11.1 Å². The average Bonchev–Trinajstić information content (AvgIpc) is 2.96. The molecule has 17 heavy (non-hydrogen) atoms. The number of ether oxygens (including phenoxy) is 1. The van der Waals surface area contributed by atoms with Gasteiger partial charge in [0.05, 0.1) is 6.10 Å². The van der Waals surface area contributed by atoms with E-state index >= 15 is 0 Å². The molecule has 4 rings (SSSR count). The molecule has 1 aliphatic carbocycles. The van der Waals surface area contributed by atoms with E-state index in [1.807, 2.05) is 0 Å². The summed E-state index contributed by atoms with van der Waals surface area (Å²) in [6.45, 7) is 2.14. The SMILES string of the molecule is CC1O[C@@H]1c1cccc2c1Cc1ccccc1-2. The van der Waals surface area contributed by atoms with Crippen molar-refractivity contribution in [2.24, 2.45) is 0 Å². The first-order chi connectivity index (χ1) is 8.34. The maximum Gasteiger partial charge on any atom is 0.109 e. The molecule has 1 heteroatoms. The third-order valence-electron chi connectivity index (χ3n) is 3.90. The lowest BCUT2D eigenvalue weighted by Crippen LogP contribution is -1.92. The van der Waals surface area contributed by atoms with Gasteiger partial charge in [0.25, 0.3) is 0 Å². The molecule has 1 fully saturated rings. The van der Waals surface area contributed by atoms with Crippen molar-refractivity contribution in [3.05, 3.63) is 59.2 Å². The van der Waals surface area contributed by atoms with Crippen molar-refractivity contribution >= 4 is 0 Å². The van der Waals surface area contributed by atoms with Crippen LogP contribution in [0, 0.1) is 0 Å². The van der Waals surface area contributed by atoms with Crippen molar-refractivity contribution in [2.75, 3.05) is 0 Å². The number of fused-ring (bicyclic) bond motifs is 3. The first-order valence-corrected chi connectivity index (χ1v) is 6.20. The minimum Gasteiger partial charge on any atom is -0.365 e. The van der Waals surface area contributed by atoms with Gasteiger partial charge in [0.2, 0.25) is 0 Å². The third kappa shape index (κ3) is 1.29. The molecule has 1 saturated heterocycles. The molecule has 2 atom stereocenters. The highest BCUT2D eigenvalue weighted by Gasteiger charge is 2.38. The molecule has 2 aromatic rings. The lowest BCUT2D eigenvalue weighted by Gasteiger charge is -2.05. The van der Waals surface area contributed by atoms with Gasteiger partial charge in [-0.05, 0) is 41.2 Å². The highest BCUT2D eigenvalue weighted by molar-refractivity contribution is 5.78. The van der Waals surface area contributed by atoms with Crippen molar-refractivity contribution in [3.63, 3.8) is 0 Å². The molecule has 0 radical (unpaired) electrons. The van der Waals surface area contributed by atoms with Crippen LogP contribution in [0.1, 0.15) is 29.7 Å². The Hall–Kier alpha value is -1.60. The fraction of sp³-hybridized carbons (Fsp3) is 0.250. The number of epoxide rings is 1. The monoisotopic (exact) mass is 222 g/mol. The Kier molecular flexibility index (Phi) is 1.78. The quantitative estimate of drug-likeness (QED) is 0.572. The summed E-state index contributed by atoms with van der Waals surface area (Å²) in [4.78, 5) is 0. The molecule has 2 aromatic carbocycles. The zero-order valence-corrected chi connectivity index (χ0v) is 9.81. The summed E-state index contributed by atoms with van der Waals surface area (Å²) < 4.78 is 5.63. The Morgan fingerprint density at radius 2 is 1.76 bits per heavy atom. The van der Waals surface area contributed by atoms with Crippen LogP contribution in [0.2, 0.25) is 0 Å². The van der Waals surface area contributed by atoms with Crippen LogP contribution in [-0.2, 0) is 11.2 Å². The van der Waals surface area contributed by atoms with Crippen molar-refractivity contribution in [3.8, 4) is 11.1 Å². The Balaban J connectivity index is 1.90. The number of hydrogen-bond donors (Lipinski definition) is 0. The van der Waals surface area contributed by atoms with E-state index < -0.39 is 0 Å². The van der Waals surface area contributed by atoms with Gasteiger partial charge in [-0.15, -0.1) is 0 Å². The Bertz CT molecular complexity index is 600. The number of hydrogen-bond acceptors (Lipinski definition) is 1. The first-order valence-electron chi connectivity index (χ1n) is 6.20. The minimum absolute atomic E-state index is 0.333. The zero-order chi connectivity index (χ0) is 11.4. The van der Waals surface area contributed by atoms with Gasteiger partial charge in [0.1, 0.15) is 6.10 Å². The van der Waals surface area contributed by atoms with E-state index in [0.717, 1.165) is 6.42 Å². The summed E-state index contributed by atoms with van der Waals surface area (Å²) in [6.07, 6.45) is 1.79. The minimum atomic E-state index is 0.333. The maximum atomic E-state index is 5.63. The number of rotatable bonds is 1. The summed E-state index contributed by atoms with van der Waals surface area (Å²) in [6, 6.07) is 15.3. The molecule has 0 N–H and O–H groups in total. The van der Waals surface area contributed by atoms with Gasteiger partial charge in [-0.25, -0.2) is 0 Å². The van der Waals surface area contributed by atoms with E-state index in [1.165, 1.54) is 27.8 Å². The molecule has 2 aliphatic rings. The molecule has 1 aliphatic heterocycles. The van der Waals surface area contributed by atoms with Crippen LogP contribution in [0.5, 0.6) is 0 Å². The van der Waals surface area contributed by atoms with E-state index in [9.17, 15) is 0 Å². The molecule has 1 unspecified atom stereocenters. The lowest BCUT2D eigenvalue weighted by atomic mass is 9.98. The second kappa shape index (κ2) is 3.21. The van der Waals surface area contributed by atoms with Crippen molar-refractivity contribution in [1.82, 2.24) is 0 Å². The third-order valence-corrected chi connectivity index (χ3v) is 3.90. The smallest absolute Gasteiger partial charge is 0.109 e. The van der Waals surface area contributed by atoms with Gasteiger partial charge in [-0.3, -0.25) is 0 Å². The van der Waals surface area contributed by atoms with E-state index in [-0.39, 0.29) is 0 Å². The second-order valence-corrected chi connectivity index (χ2v) is 4.97. The fourth-order valence-corrected chi connectivity index (χ4v) is 2.96. The van der Waals surface area contributed by atoms with Crippen LogP contribution in [0.3, 0.4) is 0 Å². The molecule has 84 valence electrons. The first kappa shape index (κ1) is 9.43. The van der Waals surface area contributed by atoms with Gasteiger partial charge in [-0.2, -0.15) is 0 Å². The van der Waals surface area contributed by atoms with E-state index in [4.69, 9.17) is 4.74 Å². The molecular weight excluding hydrogens is 208 g/mol. The predicted molar refractivity (Wildman–Crippen MR) is 68.0 cm³/mol. The van der Waals surface area contributed by atoms with Crippen LogP contribution >= 0.6 is 0 Å². The van der Waals surface area contributed by atoms with E-state index in [1.54, 1.807) is 0 Å². The fourth-order valence-electron chi connectivity index (χ4n) is 2.96. The van der Waals surface area contributed by atoms with Crippen LogP contribution < -0.4 is 0 Å². The average molecular weight is 222 g/mol. The maximum absolute atomic E-state index is 5.63. The molecule has 0 bridgehead atoms. The van der Waals surface area contributed by atoms with Gasteiger partial charge in [0, 0.05) is 0 Å². The van der Waals surface area contributed by atoms with Crippen molar-refractivity contribution in [1.29, 1.82) is 0 Å². The Labute approximate surface area is 101 Å². The topological polar surface area (TPSA) is 12.5 Å². The summed E-state index contributed by atoms with van der Waals surface area (Å²) >= 11 is 0. The second-order valence-electron chi connectivity index (χ2n) is 4.97. The van der Waals surface area contributed by atoms with Gasteiger partial charge in [-0.1, -0.05) is 42.5 Å². The van der Waals surface area contributed by atoms with Gasteiger partial charge in [0.15, 0.2) is 0 Å². The van der Waals surface area contributed by atoms with Crippen LogP contribution in [-0.4, -0.2) is 6.10 Å². The van der Waals surface area contributed by atoms with Crippen LogP contribution in [0.4, 0.5) is 0 Å². The van der Waals surface area contributed by atoms with Gasteiger partial charge < -0.3 is 4.74 Å². The van der Waals surface area contributed by atoms with E-state index in [0.29, 0.717) is 12.2 Å². The molecular formula is C16H14O. The lowest BCUT2D eigenvalue weighted by molar-refractivity contribution is 0.382. The van der Waals surface area contributed by atoms with Crippen molar-refractivity contribution in [2.45, 2.75) is 25.6 Å². The molecule has 1 heterocycles. The molecule has 1 nitrogen and oxygen atoms in total. The summed E-state index contributed by atoms with van der Waals surface area (Å²) in [5.74, 6) is 0. The van der Waals surface area contributed by atoms with Gasteiger partial charge >= 0.3 is 0 Å². The zero-order valence-electron chi connectivity index (χ0n) is 9.81. The summed E-state index contributed by atoms with van der Waals surface area (Å²) in [5, 5.41) is 0. The van der Waals surface area contributed by atoms with Crippen LogP contribution in [0.15, 0.2) is 42.5 Å². The molecule has 0 amide bonds.